The minimum Gasteiger partial charge on any atom is -0.494 e. The fraction of sp³-hybridized carbons (Fsp3) is 0.409. The summed E-state index contributed by atoms with van der Waals surface area (Å²) >= 11 is 0. The molecule has 1 heterocycles. The monoisotopic (exact) mass is 352 g/mol. The van der Waals surface area contributed by atoms with Crippen LogP contribution < -0.4 is 4.74 Å². The van der Waals surface area contributed by atoms with E-state index in [0.717, 1.165) is 48.4 Å². The Kier molecular flexibility index (Phi) is 5.94. The van der Waals surface area contributed by atoms with Crippen LogP contribution in [-0.4, -0.2) is 21.3 Å². The van der Waals surface area contributed by atoms with Gasteiger partial charge in [-0.2, -0.15) is 0 Å². The first-order valence-corrected chi connectivity index (χ1v) is 9.43. The van der Waals surface area contributed by atoms with Gasteiger partial charge < -0.3 is 14.4 Å². The number of hydrogen-bond acceptors (Lipinski definition) is 3. The molecule has 0 spiro atoms. The number of rotatable bonds is 8. The van der Waals surface area contributed by atoms with E-state index in [4.69, 9.17) is 4.74 Å². The van der Waals surface area contributed by atoms with E-state index in [9.17, 15) is 5.11 Å². The molecule has 0 radical (unpaired) electrons. The maximum absolute atomic E-state index is 10.5. The molecule has 0 aliphatic heterocycles. The Bertz CT molecular complexity index is 849. The highest BCUT2D eigenvalue weighted by atomic mass is 16.5. The van der Waals surface area contributed by atoms with E-state index in [-0.39, 0.29) is 0 Å². The third-order valence-electron chi connectivity index (χ3n) is 4.53. The van der Waals surface area contributed by atoms with Gasteiger partial charge in [-0.1, -0.05) is 31.5 Å². The number of benzene rings is 2. The highest BCUT2D eigenvalue weighted by molar-refractivity contribution is 5.76. The van der Waals surface area contributed by atoms with Crippen molar-refractivity contribution in [2.75, 3.05) is 6.61 Å². The number of aryl methyl sites for hydroxylation is 3. The molecule has 0 saturated carbocycles. The van der Waals surface area contributed by atoms with Gasteiger partial charge in [-0.3, -0.25) is 0 Å². The van der Waals surface area contributed by atoms with E-state index < -0.39 is 6.10 Å². The number of para-hydroxylation sites is 2. The molecule has 138 valence electrons. The van der Waals surface area contributed by atoms with Crippen LogP contribution in [0.2, 0.25) is 0 Å². The quantitative estimate of drug-likeness (QED) is 0.583. The van der Waals surface area contributed by atoms with Gasteiger partial charge in [0, 0.05) is 6.54 Å². The zero-order valence-corrected chi connectivity index (χ0v) is 15.9. The molecule has 4 nitrogen and oxygen atoms in total. The summed E-state index contributed by atoms with van der Waals surface area (Å²) in [5.74, 6) is 1.68. The third kappa shape index (κ3) is 4.25. The molecule has 2 aromatic carbocycles. The molecule has 0 amide bonds. The molecule has 1 aromatic heterocycles. The van der Waals surface area contributed by atoms with E-state index in [0.29, 0.717) is 6.61 Å². The number of ether oxygens (including phenoxy) is 1. The summed E-state index contributed by atoms with van der Waals surface area (Å²) in [6.45, 7) is 7.66. The fourth-order valence-corrected chi connectivity index (χ4v) is 3.41. The second kappa shape index (κ2) is 8.37. The van der Waals surface area contributed by atoms with Gasteiger partial charge in [-0.05, 0) is 62.1 Å². The third-order valence-corrected chi connectivity index (χ3v) is 4.53. The minimum atomic E-state index is -0.521. The summed E-state index contributed by atoms with van der Waals surface area (Å²) in [6, 6.07) is 14.3. The van der Waals surface area contributed by atoms with Crippen LogP contribution in [0.5, 0.6) is 5.75 Å². The van der Waals surface area contributed by atoms with Crippen molar-refractivity contribution in [3.05, 3.63) is 59.4 Å². The SMILES string of the molecule is CCCC(O)c1nc2ccccc2n1CCCOc1cc(C)cc(C)c1. The topological polar surface area (TPSA) is 47.3 Å². The number of imidazole rings is 1. The Labute approximate surface area is 155 Å². The van der Waals surface area contributed by atoms with Crippen molar-refractivity contribution in [3.8, 4) is 5.75 Å². The zero-order chi connectivity index (χ0) is 18.5. The molecular formula is C22H28N2O2. The molecule has 3 rings (SSSR count). The zero-order valence-electron chi connectivity index (χ0n) is 15.9. The van der Waals surface area contributed by atoms with E-state index in [1.54, 1.807) is 0 Å². The maximum Gasteiger partial charge on any atom is 0.138 e. The highest BCUT2D eigenvalue weighted by Crippen LogP contribution is 2.24. The van der Waals surface area contributed by atoms with Crippen LogP contribution in [-0.2, 0) is 6.54 Å². The smallest absolute Gasteiger partial charge is 0.138 e. The van der Waals surface area contributed by atoms with Gasteiger partial charge in [-0.15, -0.1) is 0 Å². The normalized spacial score (nSPS) is 12.5. The lowest BCUT2D eigenvalue weighted by Crippen LogP contribution is -2.11. The van der Waals surface area contributed by atoms with E-state index in [1.807, 2.05) is 18.2 Å². The van der Waals surface area contributed by atoms with Crippen LogP contribution in [0.1, 0.15) is 49.2 Å². The van der Waals surface area contributed by atoms with E-state index >= 15 is 0 Å². The number of nitrogens with zero attached hydrogens (tertiary/aromatic N) is 2. The Morgan fingerprint density at radius 1 is 1.12 bits per heavy atom. The number of hydrogen-bond donors (Lipinski definition) is 1. The first-order chi connectivity index (χ1) is 12.6. The Morgan fingerprint density at radius 3 is 2.58 bits per heavy atom. The van der Waals surface area contributed by atoms with Crippen molar-refractivity contribution >= 4 is 11.0 Å². The first-order valence-electron chi connectivity index (χ1n) is 9.43. The molecule has 0 aliphatic rings. The summed E-state index contributed by atoms with van der Waals surface area (Å²) in [5.41, 5.74) is 4.44. The highest BCUT2D eigenvalue weighted by Gasteiger charge is 2.17. The van der Waals surface area contributed by atoms with Gasteiger partial charge in [-0.25, -0.2) is 4.98 Å². The van der Waals surface area contributed by atoms with Crippen molar-refractivity contribution in [1.82, 2.24) is 9.55 Å². The summed E-state index contributed by atoms with van der Waals surface area (Å²) in [7, 11) is 0. The van der Waals surface area contributed by atoms with Crippen LogP contribution in [0.3, 0.4) is 0 Å². The summed E-state index contributed by atoms with van der Waals surface area (Å²) in [6.07, 6.45) is 2.00. The van der Waals surface area contributed by atoms with Gasteiger partial charge in [0.1, 0.15) is 17.7 Å². The van der Waals surface area contributed by atoms with Gasteiger partial charge in [0.2, 0.25) is 0 Å². The lowest BCUT2D eigenvalue weighted by Gasteiger charge is -2.14. The number of aliphatic hydroxyl groups excluding tert-OH is 1. The van der Waals surface area contributed by atoms with Crippen LogP contribution in [0, 0.1) is 13.8 Å². The molecule has 0 bridgehead atoms. The molecule has 1 N–H and O–H groups in total. The number of fused-ring (bicyclic) bond motifs is 1. The lowest BCUT2D eigenvalue weighted by molar-refractivity contribution is 0.152. The number of aromatic nitrogens is 2. The number of aliphatic hydroxyl groups is 1. The van der Waals surface area contributed by atoms with Crippen molar-refractivity contribution < 1.29 is 9.84 Å². The Hall–Kier alpha value is -2.33. The van der Waals surface area contributed by atoms with E-state index in [1.165, 1.54) is 11.1 Å². The van der Waals surface area contributed by atoms with Crippen LogP contribution >= 0.6 is 0 Å². The second-order valence-electron chi connectivity index (χ2n) is 6.94. The molecule has 1 atom stereocenters. The standard InChI is InChI=1S/C22H28N2O2/c1-4-8-21(25)22-23-19-9-5-6-10-20(19)24(22)11-7-12-26-18-14-16(2)13-17(3)15-18/h5-6,9-10,13-15,21,25H,4,7-8,11-12H2,1-3H3. The maximum atomic E-state index is 10.5. The Morgan fingerprint density at radius 2 is 1.85 bits per heavy atom. The van der Waals surface area contributed by atoms with Crippen molar-refractivity contribution in [1.29, 1.82) is 0 Å². The van der Waals surface area contributed by atoms with Crippen molar-refractivity contribution in [2.45, 2.75) is 52.7 Å². The largest absolute Gasteiger partial charge is 0.494 e. The van der Waals surface area contributed by atoms with Gasteiger partial charge in [0.15, 0.2) is 0 Å². The average molecular weight is 352 g/mol. The van der Waals surface area contributed by atoms with Crippen LogP contribution in [0.25, 0.3) is 11.0 Å². The predicted octanol–water partition coefficient (Wildman–Crippen LogP) is 4.96. The van der Waals surface area contributed by atoms with Crippen molar-refractivity contribution in [2.24, 2.45) is 0 Å². The second-order valence-corrected chi connectivity index (χ2v) is 6.94. The molecule has 3 aromatic rings. The minimum absolute atomic E-state index is 0.521. The molecule has 0 saturated heterocycles. The molecule has 1 unspecified atom stereocenters. The predicted molar refractivity (Wildman–Crippen MR) is 106 cm³/mol. The molecule has 0 fully saturated rings. The molecule has 26 heavy (non-hydrogen) atoms. The average Bonchev–Trinajstić information content (AvgIpc) is 2.97. The fourth-order valence-electron chi connectivity index (χ4n) is 3.41. The lowest BCUT2D eigenvalue weighted by atomic mass is 10.1. The van der Waals surface area contributed by atoms with Crippen LogP contribution in [0.4, 0.5) is 0 Å². The van der Waals surface area contributed by atoms with E-state index in [2.05, 4.69) is 54.6 Å². The van der Waals surface area contributed by atoms with Gasteiger partial charge in [0.05, 0.1) is 17.6 Å². The molecular weight excluding hydrogens is 324 g/mol. The van der Waals surface area contributed by atoms with Crippen LogP contribution in [0.15, 0.2) is 42.5 Å². The first kappa shape index (κ1) is 18.5. The van der Waals surface area contributed by atoms with Gasteiger partial charge >= 0.3 is 0 Å². The molecule has 0 aliphatic carbocycles. The Balaban J connectivity index is 1.70. The summed E-state index contributed by atoms with van der Waals surface area (Å²) < 4.78 is 8.07. The van der Waals surface area contributed by atoms with Gasteiger partial charge in [0.25, 0.3) is 0 Å². The molecule has 4 heteroatoms. The van der Waals surface area contributed by atoms with Crippen molar-refractivity contribution in [3.63, 3.8) is 0 Å². The summed E-state index contributed by atoms with van der Waals surface area (Å²) in [4.78, 5) is 4.66. The summed E-state index contributed by atoms with van der Waals surface area (Å²) in [5, 5.41) is 10.5.